The second-order valence-electron chi connectivity index (χ2n) is 5.94. The minimum atomic E-state index is -0.117. The van der Waals surface area contributed by atoms with Crippen LogP contribution in [-0.4, -0.2) is 12.7 Å². The maximum atomic E-state index is 12.3. The predicted octanol–water partition coefficient (Wildman–Crippen LogP) is 4.62. The van der Waals surface area contributed by atoms with Crippen LogP contribution in [0.5, 0.6) is 17.2 Å². The van der Waals surface area contributed by atoms with Crippen LogP contribution in [0, 0.1) is 6.92 Å². The summed E-state index contributed by atoms with van der Waals surface area (Å²) in [6.07, 6.45) is 0. The van der Waals surface area contributed by atoms with Crippen molar-refractivity contribution in [1.29, 1.82) is 0 Å². The summed E-state index contributed by atoms with van der Waals surface area (Å²) < 4.78 is 16.4. The van der Waals surface area contributed by atoms with Crippen LogP contribution in [0.2, 0.25) is 0 Å². The summed E-state index contributed by atoms with van der Waals surface area (Å²) in [5, 5.41) is 4.83. The standard InChI is InChI=1S/C20H17NO4S/c1-13-2-4-15(5-3-13)21-20(22)19-8-14(11-26-19)10-23-16-6-7-17-18(9-16)25-12-24-17/h2-9,11H,10,12H2,1H3,(H,21,22). The molecule has 0 radical (unpaired) electrons. The van der Waals surface area contributed by atoms with Gasteiger partial charge >= 0.3 is 0 Å². The number of thiophene rings is 1. The van der Waals surface area contributed by atoms with Crippen LogP contribution in [0.1, 0.15) is 20.8 Å². The van der Waals surface area contributed by atoms with Gasteiger partial charge in [0.05, 0.1) is 4.88 Å². The molecule has 132 valence electrons. The molecule has 0 fully saturated rings. The Balaban J connectivity index is 1.36. The molecule has 0 saturated heterocycles. The summed E-state index contributed by atoms with van der Waals surface area (Å²) in [5.74, 6) is 1.99. The first kappa shape index (κ1) is 16.5. The molecule has 1 aliphatic rings. The number of fused-ring (bicyclic) bond motifs is 1. The van der Waals surface area contributed by atoms with E-state index in [9.17, 15) is 4.79 Å². The number of anilines is 1. The van der Waals surface area contributed by atoms with Crippen molar-refractivity contribution < 1.29 is 19.0 Å². The van der Waals surface area contributed by atoms with Crippen LogP contribution in [0.15, 0.2) is 53.9 Å². The zero-order valence-electron chi connectivity index (χ0n) is 14.2. The number of rotatable bonds is 5. The molecular weight excluding hydrogens is 350 g/mol. The van der Waals surface area contributed by atoms with Crippen LogP contribution < -0.4 is 19.5 Å². The van der Waals surface area contributed by atoms with Gasteiger partial charge in [-0.05, 0) is 42.6 Å². The van der Waals surface area contributed by atoms with Gasteiger partial charge in [-0.15, -0.1) is 11.3 Å². The fourth-order valence-electron chi connectivity index (χ4n) is 2.53. The largest absolute Gasteiger partial charge is 0.489 e. The van der Waals surface area contributed by atoms with Crippen molar-refractivity contribution in [2.24, 2.45) is 0 Å². The van der Waals surface area contributed by atoms with E-state index in [0.717, 1.165) is 22.6 Å². The number of hydrogen-bond acceptors (Lipinski definition) is 5. The lowest BCUT2D eigenvalue weighted by atomic mass is 10.2. The molecule has 0 unspecified atom stereocenters. The number of aryl methyl sites for hydroxylation is 1. The number of carbonyl (C=O) groups excluding carboxylic acids is 1. The smallest absolute Gasteiger partial charge is 0.265 e. The Bertz CT molecular complexity index is 933. The molecule has 0 bridgehead atoms. The maximum absolute atomic E-state index is 12.3. The van der Waals surface area contributed by atoms with Crippen LogP contribution in [0.3, 0.4) is 0 Å². The summed E-state index contributed by atoms with van der Waals surface area (Å²) in [7, 11) is 0. The van der Waals surface area contributed by atoms with E-state index in [4.69, 9.17) is 14.2 Å². The molecule has 3 aromatic rings. The lowest BCUT2D eigenvalue weighted by Crippen LogP contribution is -2.10. The zero-order chi connectivity index (χ0) is 17.9. The van der Waals surface area contributed by atoms with E-state index >= 15 is 0 Å². The van der Waals surface area contributed by atoms with E-state index in [1.54, 1.807) is 6.07 Å². The van der Waals surface area contributed by atoms with Crippen molar-refractivity contribution >= 4 is 22.9 Å². The molecule has 0 aliphatic carbocycles. The monoisotopic (exact) mass is 367 g/mol. The number of amides is 1. The highest BCUT2D eigenvalue weighted by Crippen LogP contribution is 2.35. The van der Waals surface area contributed by atoms with Crippen molar-refractivity contribution in [3.05, 3.63) is 69.9 Å². The van der Waals surface area contributed by atoms with Gasteiger partial charge in [-0.2, -0.15) is 0 Å². The molecule has 1 amide bonds. The molecule has 2 aromatic carbocycles. The average Bonchev–Trinajstić information content (AvgIpc) is 3.30. The Kier molecular flexibility index (Phi) is 4.50. The lowest BCUT2D eigenvalue weighted by molar-refractivity contribution is 0.103. The molecule has 5 nitrogen and oxygen atoms in total. The summed E-state index contributed by atoms with van der Waals surface area (Å²) in [4.78, 5) is 13.0. The maximum Gasteiger partial charge on any atom is 0.265 e. The Labute approximate surface area is 155 Å². The van der Waals surface area contributed by atoms with Gasteiger partial charge in [-0.3, -0.25) is 4.79 Å². The highest BCUT2D eigenvalue weighted by Gasteiger charge is 2.14. The third-order valence-electron chi connectivity index (χ3n) is 3.94. The van der Waals surface area contributed by atoms with E-state index < -0.39 is 0 Å². The second kappa shape index (κ2) is 7.09. The summed E-state index contributed by atoms with van der Waals surface area (Å²) in [6, 6.07) is 15.0. The van der Waals surface area contributed by atoms with E-state index in [1.807, 2.05) is 54.8 Å². The summed E-state index contributed by atoms with van der Waals surface area (Å²) >= 11 is 1.40. The van der Waals surface area contributed by atoms with Crippen LogP contribution >= 0.6 is 11.3 Å². The van der Waals surface area contributed by atoms with Gasteiger partial charge in [-0.1, -0.05) is 17.7 Å². The van der Waals surface area contributed by atoms with Crippen molar-refractivity contribution in [2.45, 2.75) is 13.5 Å². The molecule has 6 heteroatoms. The van der Waals surface area contributed by atoms with Gasteiger partial charge in [0.25, 0.3) is 5.91 Å². The highest BCUT2D eigenvalue weighted by atomic mass is 32.1. The Morgan fingerprint density at radius 2 is 1.92 bits per heavy atom. The van der Waals surface area contributed by atoms with E-state index in [-0.39, 0.29) is 12.7 Å². The molecule has 0 atom stereocenters. The minimum absolute atomic E-state index is 0.117. The van der Waals surface area contributed by atoms with Gasteiger partial charge in [0, 0.05) is 17.3 Å². The first-order valence-electron chi connectivity index (χ1n) is 8.15. The van der Waals surface area contributed by atoms with E-state index in [1.165, 1.54) is 11.3 Å². The zero-order valence-corrected chi connectivity index (χ0v) is 15.0. The quantitative estimate of drug-likeness (QED) is 0.715. The molecule has 0 spiro atoms. The van der Waals surface area contributed by atoms with Gasteiger partial charge in [0.15, 0.2) is 11.5 Å². The number of nitrogens with one attached hydrogen (secondary N) is 1. The highest BCUT2D eigenvalue weighted by molar-refractivity contribution is 7.12. The average molecular weight is 367 g/mol. The molecule has 1 N–H and O–H groups in total. The van der Waals surface area contributed by atoms with Gasteiger partial charge in [-0.25, -0.2) is 0 Å². The van der Waals surface area contributed by atoms with Crippen molar-refractivity contribution in [1.82, 2.24) is 0 Å². The van der Waals surface area contributed by atoms with Crippen LogP contribution in [-0.2, 0) is 6.61 Å². The SMILES string of the molecule is Cc1ccc(NC(=O)c2cc(COc3ccc4c(c3)OCO4)cs2)cc1. The number of hydrogen-bond donors (Lipinski definition) is 1. The molecule has 1 aromatic heterocycles. The third-order valence-corrected chi connectivity index (χ3v) is 4.91. The van der Waals surface area contributed by atoms with Gasteiger partial charge in [0.1, 0.15) is 12.4 Å². The number of carbonyl (C=O) groups is 1. The normalized spacial score (nSPS) is 12.0. The Hall–Kier alpha value is -2.99. The van der Waals surface area contributed by atoms with Crippen LogP contribution in [0.25, 0.3) is 0 Å². The first-order chi connectivity index (χ1) is 12.7. The van der Waals surface area contributed by atoms with Gasteiger partial charge in [0.2, 0.25) is 6.79 Å². The molecule has 0 saturated carbocycles. The predicted molar refractivity (Wildman–Crippen MR) is 100 cm³/mol. The first-order valence-corrected chi connectivity index (χ1v) is 9.03. The molecule has 2 heterocycles. The number of ether oxygens (including phenoxy) is 3. The van der Waals surface area contributed by atoms with Crippen molar-refractivity contribution in [3.63, 3.8) is 0 Å². The Morgan fingerprint density at radius 3 is 2.77 bits per heavy atom. The van der Waals surface area contributed by atoms with Crippen molar-refractivity contribution in [3.8, 4) is 17.2 Å². The number of benzene rings is 2. The third kappa shape index (κ3) is 3.65. The van der Waals surface area contributed by atoms with Gasteiger partial charge < -0.3 is 19.5 Å². The molecule has 1 aliphatic heterocycles. The summed E-state index contributed by atoms with van der Waals surface area (Å²) in [6.45, 7) is 2.63. The van der Waals surface area contributed by atoms with Crippen LogP contribution in [0.4, 0.5) is 5.69 Å². The molecular formula is C20H17NO4S. The Morgan fingerprint density at radius 1 is 1.12 bits per heavy atom. The fourth-order valence-corrected chi connectivity index (χ4v) is 3.33. The molecule has 4 rings (SSSR count). The second-order valence-corrected chi connectivity index (χ2v) is 6.85. The summed E-state index contributed by atoms with van der Waals surface area (Å²) in [5.41, 5.74) is 2.89. The molecule has 26 heavy (non-hydrogen) atoms. The lowest BCUT2D eigenvalue weighted by Gasteiger charge is -2.05. The van der Waals surface area contributed by atoms with Crippen molar-refractivity contribution in [2.75, 3.05) is 12.1 Å². The topological polar surface area (TPSA) is 56.8 Å². The fraction of sp³-hybridized carbons (Fsp3) is 0.150. The van der Waals surface area contributed by atoms with E-state index in [2.05, 4.69) is 5.32 Å². The minimum Gasteiger partial charge on any atom is -0.489 e. The van der Waals surface area contributed by atoms with E-state index in [0.29, 0.717) is 23.0 Å².